The largest absolute Gasteiger partial charge is 0.300 e. The highest BCUT2D eigenvalue weighted by molar-refractivity contribution is 5.86. The smallest absolute Gasteiger partial charge is 0.139 e. The summed E-state index contributed by atoms with van der Waals surface area (Å²) in [7, 11) is 0. The Balaban J connectivity index is 1.89. The maximum Gasteiger partial charge on any atom is 0.139 e. The lowest BCUT2D eigenvalue weighted by Gasteiger charge is -2.55. The molecule has 0 bridgehead atoms. The molecule has 6 atom stereocenters. The van der Waals surface area contributed by atoms with Crippen LogP contribution in [0, 0.1) is 46.8 Å². The zero-order chi connectivity index (χ0) is 16.8. The minimum Gasteiger partial charge on any atom is -0.300 e. The third-order valence-electron chi connectivity index (χ3n) is 7.88. The first-order chi connectivity index (χ1) is 10.8. The van der Waals surface area contributed by atoms with E-state index in [1.807, 2.05) is 0 Å². The van der Waals surface area contributed by atoms with Gasteiger partial charge in [-0.25, -0.2) is 0 Å². The minimum atomic E-state index is -0.231. The number of hydrogen-bond donors (Lipinski definition) is 0. The number of rotatable bonds is 3. The molecule has 3 aliphatic carbocycles. The highest BCUT2D eigenvalue weighted by Gasteiger charge is 2.59. The van der Waals surface area contributed by atoms with Crippen LogP contribution >= 0.6 is 0 Å². The van der Waals surface area contributed by atoms with E-state index in [4.69, 9.17) is 6.42 Å². The summed E-state index contributed by atoms with van der Waals surface area (Å²) in [5, 5.41) is 0. The third kappa shape index (κ3) is 2.39. The molecular weight excluding hydrogens is 284 g/mol. The van der Waals surface area contributed by atoms with Crippen LogP contribution < -0.4 is 0 Å². The third-order valence-corrected chi connectivity index (χ3v) is 7.88. The summed E-state index contributed by atoms with van der Waals surface area (Å²) in [6.07, 6.45) is 13.2. The van der Waals surface area contributed by atoms with Crippen molar-refractivity contribution in [3.63, 3.8) is 0 Å². The molecule has 0 amide bonds. The lowest BCUT2D eigenvalue weighted by molar-refractivity contribution is -0.147. The van der Waals surface area contributed by atoms with Crippen LogP contribution in [0.3, 0.4) is 0 Å². The van der Waals surface area contributed by atoms with Gasteiger partial charge < -0.3 is 0 Å². The van der Waals surface area contributed by atoms with E-state index in [1.54, 1.807) is 6.92 Å². The second-order valence-corrected chi connectivity index (χ2v) is 8.75. The van der Waals surface area contributed by atoms with Crippen LogP contribution in [0.15, 0.2) is 0 Å². The summed E-state index contributed by atoms with van der Waals surface area (Å²) < 4.78 is 0. The summed E-state index contributed by atoms with van der Waals surface area (Å²) in [6.45, 7) is 6.29. The van der Waals surface area contributed by atoms with Gasteiger partial charge in [-0.2, -0.15) is 0 Å². The zero-order valence-electron chi connectivity index (χ0n) is 14.9. The molecule has 23 heavy (non-hydrogen) atoms. The normalized spacial score (nSPS) is 45.9. The molecule has 2 nitrogen and oxygen atoms in total. The van der Waals surface area contributed by atoms with E-state index in [9.17, 15) is 9.59 Å². The number of carbonyl (C=O) groups is 2. The van der Waals surface area contributed by atoms with Gasteiger partial charge in [0, 0.05) is 24.2 Å². The van der Waals surface area contributed by atoms with Crippen LogP contribution in [-0.4, -0.2) is 11.6 Å². The number of hydrogen-bond acceptors (Lipinski definition) is 2. The van der Waals surface area contributed by atoms with Gasteiger partial charge in [0.2, 0.25) is 0 Å². The lowest BCUT2D eigenvalue weighted by atomic mass is 9.48. The summed E-state index contributed by atoms with van der Waals surface area (Å²) >= 11 is 0. The summed E-state index contributed by atoms with van der Waals surface area (Å²) in [5.74, 6) is 5.48. The first kappa shape index (κ1) is 16.7. The van der Waals surface area contributed by atoms with Gasteiger partial charge in [-0.1, -0.05) is 13.8 Å². The fraction of sp³-hybridized carbons (Fsp3) is 0.810. The molecule has 3 rings (SSSR count). The van der Waals surface area contributed by atoms with Gasteiger partial charge in [0.15, 0.2) is 0 Å². The highest BCUT2D eigenvalue weighted by Crippen LogP contribution is 2.64. The van der Waals surface area contributed by atoms with Gasteiger partial charge in [-0.15, -0.1) is 12.3 Å². The molecule has 0 N–H and O–H groups in total. The predicted octanol–water partition coefficient (Wildman–Crippen LogP) is 4.42. The van der Waals surface area contributed by atoms with Crippen molar-refractivity contribution in [2.75, 3.05) is 0 Å². The topological polar surface area (TPSA) is 34.1 Å². The Bertz CT molecular complexity index is 557. The SMILES string of the molecule is C#CCC[C@@]1(C)C(=O)CC[C@H]2[C@@H]3CC[C@H](C(C)=O)[C@@]3(C)CC[C@@H]21. The predicted molar refractivity (Wildman–Crippen MR) is 91.6 cm³/mol. The van der Waals surface area contributed by atoms with Gasteiger partial charge in [0.05, 0.1) is 0 Å². The van der Waals surface area contributed by atoms with Gasteiger partial charge in [0.1, 0.15) is 11.6 Å². The van der Waals surface area contributed by atoms with E-state index < -0.39 is 0 Å². The van der Waals surface area contributed by atoms with Gasteiger partial charge >= 0.3 is 0 Å². The molecule has 0 heterocycles. The van der Waals surface area contributed by atoms with Crippen LogP contribution in [0.25, 0.3) is 0 Å². The molecule has 0 spiro atoms. The number of carbonyl (C=O) groups excluding carboxylic acids is 2. The van der Waals surface area contributed by atoms with Crippen LogP contribution in [0.4, 0.5) is 0 Å². The van der Waals surface area contributed by atoms with Gasteiger partial charge in [-0.3, -0.25) is 9.59 Å². The van der Waals surface area contributed by atoms with Crippen molar-refractivity contribution in [3.8, 4) is 12.3 Å². The Morgan fingerprint density at radius 1 is 1.22 bits per heavy atom. The van der Waals surface area contributed by atoms with Crippen molar-refractivity contribution in [3.05, 3.63) is 0 Å². The molecule has 3 aliphatic rings. The molecular formula is C21H30O2. The maximum absolute atomic E-state index is 12.7. The average molecular weight is 314 g/mol. The molecule has 2 heteroatoms. The number of ketones is 2. The van der Waals surface area contributed by atoms with Crippen molar-refractivity contribution in [1.82, 2.24) is 0 Å². The fourth-order valence-electron chi connectivity index (χ4n) is 6.60. The number of Topliss-reactive ketones (excluding diaryl/α,β-unsaturated/α-hetero) is 2. The van der Waals surface area contributed by atoms with Gasteiger partial charge in [-0.05, 0) is 68.6 Å². The van der Waals surface area contributed by atoms with E-state index in [1.165, 1.54) is 6.42 Å². The molecule has 0 radical (unpaired) electrons. The fourth-order valence-corrected chi connectivity index (χ4v) is 6.60. The monoisotopic (exact) mass is 314 g/mol. The van der Waals surface area contributed by atoms with Crippen molar-refractivity contribution in [2.45, 2.75) is 72.1 Å². The van der Waals surface area contributed by atoms with Crippen LogP contribution in [0.5, 0.6) is 0 Å². The molecule has 0 aliphatic heterocycles. The van der Waals surface area contributed by atoms with Crippen LogP contribution in [-0.2, 0) is 9.59 Å². The molecule has 3 saturated carbocycles. The standard InChI is InChI=1S/C21H30O2/c1-5-6-12-21(4)18-11-13-20(3)16(14(2)22)8-9-17(20)15(18)7-10-19(21)23/h1,15-18H,6-13H2,2-4H3/t15-,16+,17-,18-,20+,21+/m0/s1. The first-order valence-corrected chi connectivity index (χ1v) is 9.32. The first-order valence-electron chi connectivity index (χ1n) is 9.32. The Hall–Kier alpha value is -1.10. The Morgan fingerprint density at radius 2 is 1.96 bits per heavy atom. The van der Waals surface area contributed by atoms with E-state index in [2.05, 4.69) is 19.8 Å². The van der Waals surface area contributed by atoms with Crippen LogP contribution in [0.2, 0.25) is 0 Å². The molecule has 0 saturated heterocycles. The maximum atomic E-state index is 12.7. The Kier molecular flexibility index (Phi) is 4.20. The summed E-state index contributed by atoms with van der Waals surface area (Å²) in [6, 6.07) is 0. The average Bonchev–Trinajstić information content (AvgIpc) is 2.86. The second kappa shape index (κ2) is 5.76. The van der Waals surface area contributed by atoms with E-state index in [0.717, 1.165) is 32.1 Å². The van der Waals surface area contributed by atoms with E-state index >= 15 is 0 Å². The van der Waals surface area contributed by atoms with Crippen LogP contribution in [0.1, 0.15) is 72.1 Å². The number of terminal acetylenes is 1. The van der Waals surface area contributed by atoms with Crippen molar-refractivity contribution in [1.29, 1.82) is 0 Å². The summed E-state index contributed by atoms with van der Waals surface area (Å²) in [4.78, 5) is 24.8. The Morgan fingerprint density at radius 3 is 2.61 bits per heavy atom. The number of fused-ring (bicyclic) bond motifs is 3. The summed E-state index contributed by atoms with van der Waals surface area (Å²) in [5.41, 5.74) is -0.0641. The minimum absolute atomic E-state index is 0.167. The molecule has 126 valence electrons. The van der Waals surface area contributed by atoms with E-state index in [-0.39, 0.29) is 16.7 Å². The Labute approximate surface area is 140 Å². The van der Waals surface area contributed by atoms with Gasteiger partial charge in [0.25, 0.3) is 0 Å². The molecule has 0 unspecified atom stereocenters. The quantitative estimate of drug-likeness (QED) is 0.723. The van der Waals surface area contributed by atoms with Crippen molar-refractivity contribution in [2.24, 2.45) is 34.5 Å². The zero-order valence-corrected chi connectivity index (χ0v) is 14.9. The lowest BCUT2D eigenvalue weighted by Crippen LogP contribution is -2.52. The van der Waals surface area contributed by atoms with Crippen molar-refractivity contribution >= 4 is 11.6 Å². The molecule has 0 aromatic rings. The van der Waals surface area contributed by atoms with Crippen molar-refractivity contribution < 1.29 is 9.59 Å². The highest BCUT2D eigenvalue weighted by atomic mass is 16.1. The molecule has 0 aromatic carbocycles. The van der Waals surface area contributed by atoms with E-state index in [0.29, 0.717) is 42.2 Å². The molecule has 3 fully saturated rings. The molecule has 0 aromatic heterocycles. The second-order valence-electron chi connectivity index (χ2n) is 8.75.